The van der Waals surface area contributed by atoms with Gasteiger partial charge in [0.15, 0.2) is 0 Å². The van der Waals surface area contributed by atoms with E-state index in [0.717, 1.165) is 12.1 Å². The van der Waals surface area contributed by atoms with Crippen LogP contribution in [0, 0.1) is 10.1 Å². The molecule has 6 heteroatoms. The molecule has 0 heterocycles. The molecule has 0 unspecified atom stereocenters. The third-order valence-electron chi connectivity index (χ3n) is 3.72. The summed E-state index contributed by atoms with van der Waals surface area (Å²) in [5, 5.41) is 14.3. The molecule has 1 aromatic rings. The number of nitro groups is 1. The van der Waals surface area contributed by atoms with E-state index in [9.17, 15) is 10.1 Å². The van der Waals surface area contributed by atoms with Crippen molar-refractivity contribution in [1.82, 2.24) is 5.32 Å². The molecule has 1 aliphatic carbocycles. The van der Waals surface area contributed by atoms with E-state index in [4.69, 9.17) is 0 Å². The zero-order chi connectivity index (χ0) is 13.9. The molecule has 0 atom stereocenters. The quantitative estimate of drug-likeness (QED) is 0.630. The Morgan fingerprint density at radius 2 is 2.26 bits per heavy atom. The van der Waals surface area contributed by atoms with E-state index in [1.165, 1.54) is 25.3 Å². The number of halogens is 1. The Labute approximate surface area is 125 Å². The third-order valence-corrected chi connectivity index (χ3v) is 6.05. The van der Waals surface area contributed by atoms with Gasteiger partial charge in [-0.15, -0.1) is 0 Å². The summed E-state index contributed by atoms with van der Waals surface area (Å²) in [5.74, 6) is 0. The maximum atomic E-state index is 10.9. The molecule has 0 aliphatic heterocycles. The molecule has 0 saturated heterocycles. The van der Waals surface area contributed by atoms with Gasteiger partial charge in [-0.1, -0.05) is 18.6 Å². The first kappa shape index (κ1) is 14.8. The SMILES string of the molecule is CSC1(CNCc2cccc([N+](=O)[O-])c2Br)CCC1. The average Bonchev–Trinajstić information content (AvgIpc) is 2.34. The minimum atomic E-state index is -0.358. The second-order valence-corrected chi connectivity index (χ2v) is 6.92. The molecule has 0 bridgehead atoms. The number of rotatable bonds is 6. The number of hydrogen-bond acceptors (Lipinski definition) is 4. The third kappa shape index (κ3) is 3.30. The molecular formula is C13H17BrN2O2S. The number of thioether (sulfide) groups is 1. The maximum Gasteiger partial charge on any atom is 0.283 e. The van der Waals surface area contributed by atoms with Crippen molar-refractivity contribution in [2.75, 3.05) is 12.8 Å². The molecule has 4 nitrogen and oxygen atoms in total. The highest BCUT2D eigenvalue weighted by Crippen LogP contribution is 2.42. The summed E-state index contributed by atoms with van der Waals surface area (Å²) < 4.78 is 0.965. The lowest BCUT2D eigenvalue weighted by Gasteiger charge is -2.40. The number of nitrogens with zero attached hydrogens (tertiary/aromatic N) is 1. The van der Waals surface area contributed by atoms with Crippen LogP contribution in [-0.2, 0) is 6.54 Å². The van der Waals surface area contributed by atoms with Gasteiger partial charge < -0.3 is 5.32 Å². The van der Waals surface area contributed by atoms with Gasteiger partial charge in [0.25, 0.3) is 5.69 Å². The van der Waals surface area contributed by atoms with Gasteiger partial charge in [-0.25, -0.2) is 0 Å². The van der Waals surface area contributed by atoms with Gasteiger partial charge in [-0.05, 0) is 40.6 Å². The highest BCUT2D eigenvalue weighted by molar-refractivity contribution is 9.10. The lowest BCUT2D eigenvalue weighted by atomic mass is 9.84. The first-order valence-corrected chi connectivity index (χ1v) is 8.27. The van der Waals surface area contributed by atoms with Crippen LogP contribution in [0.1, 0.15) is 24.8 Å². The molecule has 1 aliphatic rings. The van der Waals surface area contributed by atoms with Crippen LogP contribution in [0.15, 0.2) is 22.7 Å². The first-order valence-electron chi connectivity index (χ1n) is 6.26. The van der Waals surface area contributed by atoms with Crippen LogP contribution in [0.5, 0.6) is 0 Å². The molecule has 0 aromatic heterocycles. The fourth-order valence-corrected chi connectivity index (χ4v) is 3.79. The van der Waals surface area contributed by atoms with E-state index >= 15 is 0 Å². The summed E-state index contributed by atoms with van der Waals surface area (Å²) in [5.41, 5.74) is 1.06. The van der Waals surface area contributed by atoms with Crippen LogP contribution in [-0.4, -0.2) is 22.5 Å². The van der Waals surface area contributed by atoms with Crippen molar-refractivity contribution in [3.63, 3.8) is 0 Å². The van der Waals surface area contributed by atoms with Crippen molar-refractivity contribution in [1.29, 1.82) is 0 Å². The lowest BCUT2D eigenvalue weighted by Crippen LogP contribution is -2.43. The number of benzene rings is 1. The predicted molar refractivity (Wildman–Crippen MR) is 82.6 cm³/mol. The summed E-state index contributed by atoms with van der Waals surface area (Å²) in [4.78, 5) is 10.5. The van der Waals surface area contributed by atoms with E-state index in [2.05, 4.69) is 27.5 Å². The summed E-state index contributed by atoms with van der Waals surface area (Å²) >= 11 is 5.25. The van der Waals surface area contributed by atoms with Crippen LogP contribution in [0.4, 0.5) is 5.69 Å². The number of nitro benzene ring substituents is 1. The van der Waals surface area contributed by atoms with Gasteiger partial charge in [-0.3, -0.25) is 10.1 Å². The first-order chi connectivity index (χ1) is 9.08. The van der Waals surface area contributed by atoms with Crippen LogP contribution < -0.4 is 5.32 Å². The van der Waals surface area contributed by atoms with E-state index < -0.39 is 0 Å². The fourth-order valence-electron chi connectivity index (χ4n) is 2.29. The molecule has 1 fully saturated rings. The fraction of sp³-hybridized carbons (Fsp3) is 0.538. The number of hydrogen-bond donors (Lipinski definition) is 1. The standard InChI is InChI=1S/C13H17BrN2O2S/c1-19-13(6-3-7-13)9-15-8-10-4-2-5-11(12(10)14)16(17)18/h2,4-5,15H,3,6-9H2,1H3. The van der Waals surface area contributed by atoms with E-state index in [-0.39, 0.29) is 10.6 Å². The molecule has 1 N–H and O–H groups in total. The van der Waals surface area contributed by atoms with Crippen LogP contribution in [0.2, 0.25) is 0 Å². The lowest BCUT2D eigenvalue weighted by molar-refractivity contribution is -0.385. The topological polar surface area (TPSA) is 55.2 Å². The number of nitrogens with one attached hydrogen (secondary N) is 1. The van der Waals surface area contributed by atoms with Crippen molar-refractivity contribution >= 4 is 33.4 Å². The molecule has 19 heavy (non-hydrogen) atoms. The van der Waals surface area contributed by atoms with Crippen LogP contribution in [0.25, 0.3) is 0 Å². The predicted octanol–water partition coefficient (Wildman–Crippen LogP) is 3.73. The second kappa shape index (κ2) is 6.24. The van der Waals surface area contributed by atoms with Crippen LogP contribution >= 0.6 is 27.7 Å². The monoisotopic (exact) mass is 344 g/mol. The van der Waals surface area contributed by atoms with E-state index in [1.807, 2.05) is 17.8 Å². The van der Waals surface area contributed by atoms with Gasteiger partial charge in [0.05, 0.1) is 9.40 Å². The molecule has 2 rings (SSSR count). The molecule has 1 saturated carbocycles. The molecular weight excluding hydrogens is 328 g/mol. The molecule has 104 valence electrons. The Morgan fingerprint density at radius 3 is 2.79 bits per heavy atom. The molecule has 0 amide bonds. The maximum absolute atomic E-state index is 10.9. The van der Waals surface area contributed by atoms with E-state index in [0.29, 0.717) is 15.8 Å². The van der Waals surface area contributed by atoms with Crippen molar-refractivity contribution in [3.8, 4) is 0 Å². The van der Waals surface area contributed by atoms with Crippen molar-refractivity contribution in [2.45, 2.75) is 30.6 Å². The summed E-state index contributed by atoms with van der Waals surface area (Å²) in [6.45, 7) is 1.62. The normalized spacial score (nSPS) is 16.9. The van der Waals surface area contributed by atoms with Crippen molar-refractivity contribution in [3.05, 3.63) is 38.3 Å². The van der Waals surface area contributed by atoms with Crippen LogP contribution in [0.3, 0.4) is 0 Å². The Balaban J connectivity index is 1.96. The van der Waals surface area contributed by atoms with E-state index in [1.54, 1.807) is 6.07 Å². The molecule has 0 radical (unpaired) electrons. The minimum Gasteiger partial charge on any atom is -0.311 e. The zero-order valence-corrected chi connectivity index (χ0v) is 13.2. The minimum absolute atomic E-state index is 0.127. The molecule has 0 spiro atoms. The van der Waals surface area contributed by atoms with Crippen molar-refractivity contribution in [2.24, 2.45) is 0 Å². The zero-order valence-electron chi connectivity index (χ0n) is 10.8. The molecule has 1 aromatic carbocycles. The Hall–Kier alpha value is -0.590. The Bertz CT molecular complexity index is 472. The smallest absolute Gasteiger partial charge is 0.283 e. The summed E-state index contributed by atoms with van der Waals surface area (Å²) in [6.07, 6.45) is 5.99. The second-order valence-electron chi connectivity index (χ2n) is 4.85. The highest BCUT2D eigenvalue weighted by atomic mass is 79.9. The highest BCUT2D eigenvalue weighted by Gasteiger charge is 2.35. The summed E-state index contributed by atoms with van der Waals surface area (Å²) in [7, 11) is 0. The Kier molecular flexibility index (Phi) is 4.86. The Morgan fingerprint density at radius 1 is 1.53 bits per heavy atom. The van der Waals surface area contributed by atoms with Gasteiger partial charge in [0, 0.05) is 23.9 Å². The van der Waals surface area contributed by atoms with Gasteiger partial charge >= 0.3 is 0 Å². The summed E-state index contributed by atoms with van der Waals surface area (Å²) in [6, 6.07) is 5.16. The van der Waals surface area contributed by atoms with Gasteiger partial charge in [0.2, 0.25) is 0 Å². The average molecular weight is 345 g/mol. The van der Waals surface area contributed by atoms with Gasteiger partial charge in [-0.2, -0.15) is 11.8 Å². The largest absolute Gasteiger partial charge is 0.311 e. The van der Waals surface area contributed by atoms with Gasteiger partial charge in [0.1, 0.15) is 0 Å². The van der Waals surface area contributed by atoms with Crippen molar-refractivity contribution < 1.29 is 4.92 Å².